The fourth-order valence-corrected chi connectivity index (χ4v) is 5.38. The first-order valence-corrected chi connectivity index (χ1v) is 10.8. The van der Waals surface area contributed by atoms with Gasteiger partial charge in [-0.15, -0.1) is 0 Å². The number of hydrogen-bond acceptors (Lipinski definition) is 4. The summed E-state index contributed by atoms with van der Waals surface area (Å²) in [5, 5.41) is 0. The van der Waals surface area contributed by atoms with Crippen LogP contribution < -0.4 is 13.9 Å². The Hall–Kier alpha value is -2.06. The van der Waals surface area contributed by atoms with E-state index in [1.54, 1.807) is 55.3 Å². The lowest BCUT2D eigenvalue weighted by molar-refractivity contribution is -0.118. The van der Waals surface area contributed by atoms with E-state index in [9.17, 15) is 13.2 Å². The molecule has 0 atom stereocenters. The number of anilines is 2. The molecule has 0 bridgehead atoms. The van der Waals surface area contributed by atoms with Gasteiger partial charge in [0.2, 0.25) is 5.91 Å². The molecular formula is C19H21BrN2O4S. The largest absolute Gasteiger partial charge is 0.497 e. The number of rotatable bonds is 5. The number of ether oxygens (including phenoxy) is 1. The smallest absolute Gasteiger partial charge is 0.265 e. The maximum absolute atomic E-state index is 13.2. The van der Waals surface area contributed by atoms with Crippen LogP contribution in [0.3, 0.4) is 0 Å². The summed E-state index contributed by atoms with van der Waals surface area (Å²) in [4.78, 5) is 14.0. The molecule has 27 heavy (non-hydrogen) atoms. The predicted octanol–water partition coefficient (Wildman–Crippen LogP) is 3.58. The van der Waals surface area contributed by atoms with E-state index in [0.717, 1.165) is 5.56 Å². The summed E-state index contributed by atoms with van der Waals surface area (Å²) in [6.07, 6.45) is 1.09. The molecule has 0 radical (unpaired) electrons. The van der Waals surface area contributed by atoms with Gasteiger partial charge in [-0.1, -0.05) is 6.92 Å². The predicted molar refractivity (Wildman–Crippen MR) is 109 cm³/mol. The van der Waals surface area contributed by atoms with E-state index in [1.807, 2.05) is 0 Å². The van der Waals surface area contributed by atoms with Gasteiger partial charge in [0.15, 0.2) is 0 Å². The highest BCUT2D eigenvalue weighted by Gasteiger charge is 2.30. The van der Waals surface area contributed by atoms with Gasteiger partial charge in [0.1, 0.15) is 10.6 Å². The maximum atomic E-state index is 13.2. The highest BCUT2D eigenvalue weighted by Crippen LogP contribution is 2.37. The molecule has 0 spiro atoms. The number of amides is 1. The lowest BCUT2D eigenvalue weighted by Gasteiger charge is -2.22. The number of hydrogen-bond donors (Lipinski definition) is 0. The Morgan fingerprint density at radius 1 is 1.26 bits per heavy atom. The second kappa shape index (κ2) is 7.52. The number of nitrogens with zero attached hydrogens (tertiary/aromatic N) is 2. The highest BCUT2D eigenvalue weighted by molar-refractivity contribution is 9.10. The van der Waals surface area contributed by atoms with Crippen molar-refractivity contribution in [2.45, 2.75) is 24.7 Å². The normalized spacial score (nSPS) is 13.4. The van der Waals surface area contributed by atoms with Crippen LogP contribution in [0.15, 0.2) is 45.8 Å². The summed E-state index contributed by atoms with van der Waals surface area (Å²) < 4.78 is 33.3. The van der Waals surface area contributed by atoms with Gasteiger partial charge in [0.25, 0.3) is 10.0 Å². The molecule has 2 aromatic rings. The molecule has 1 aliphatic rings. The number of carbonyl (C=O) groups is 1. The Balaban J connectivity index is 2.02. The summed E-state index contributed by atoms with van der Waals surface area (Å²) in [5.74, 6) is 0.639. The third-order valence-electron chi connectivity index (χ3n) is 4.71. The third-order valence-corrected chi connectivity index (χ3v) is 7.45. The molecule has 1 aliphatic heterocycles. The van der Waals surface area contributed by atoms with Crippen LogP contribution in [0.1, 0.15) is 18.9 Å². The summed E-state index contributed by atoms with van der Waals surface area (Å²) in [6.45, 7) is 2.38. The van der Waals surface area contributed by atoms with Crippen LogP contribution in [-0.4, -0.2) is 35.0 Å². The number of methoxy groups -OCH3 is 1. The molecule has 0 aliphatic carbocycles. The fourth-order valence-electron chi connectivity index (χ4n) is 3.11. The lowest BCUT2D eigenvalue weighted by atomic mass is 10.2. The van der Waals surface area contributed by atoms with Crippen molar-refractivity contribution in [3.63, 3.8) is 0 Å². The van der Waals surface area contributed by atoms with Crippen molar-refractivity contribution in [1.82, 2.24) is 0 Å². The minimum Gasteiger partial charge on any atom is -0.497 e. The van der Waals surface area contributed by atoms with Crippen molar-refractivity contribution in [1.29, 1.82) is 0 Å². The molecule has 1 amide bonds. The molecule has 3 rings (SSSR count). The van der Waals surface area contributed by atoms with Crippen molar-refractivity contribution in [2.24, 2.45) is 0 Å². The Morgan fingerprint density at radius 2 is 1.93 bits per heavy atom. The Labute approximate surface area is 167 Å². The number of halogens is 1. The first-order chi connectivity index (χ1) is 12.8. The minimum absolute atomic E-state index is 0.0112. The molecule has 1 heterocycles. The van der Waals surface area contributed by atoms with E-state index in [1.165, 1.54) is 11.4 Å². The SMILES string of the molecule is CCC(=O)N1CCc2cc(Br)c(S(=O)(=O)N(C)c3ccc(OC)cc3)cc21. The summed E-state index contributed by atoms with van der Waals surface area (Å²) in [7, 11) is -0.750. The molecule has 0 aromatic heterocycles. The molecule has 0 saturated carbocycles. The molecular weight excluding hydrogens is 432 g/mol. The van der Waals surface area contributed by atoms with Crippen LogP contribution in [0.2, 0.25) is 0 Å². The van der Waals surface area contributed by atoms with Gasteiger partial charge in [0, 0.05) is 30.2 Å². The first kappa shape index (κ1) is 19.7. The molecule has 2 aromatic carbocycles. The summed E-state index contributed by atoms with van der Waals surface area (Å²) >= 11 is 3.39. The Morgan fingerprint density at radius 3 is 2.52 bits per heavy atom. The molecule has 0 N–H and O–H groups in total. The van der Waals surface area contributed by atoms with Crippen molar-refractivity contribution < 1.29 is 17.9 Å². The average molecular weight is 453 g/mol. The summed E-state index contributed by atoms with van der Waals surface area (Å²) in [5.41, 5.74) is 2.16. The molecule has 0 unspecified atom stereocenters. The quantitative estimate of drug-likeness (QED) is 0.694. The average Bonchev–Trinajstić information content (AvgIpc) is 3.08. The molecule has 0 saturated heterocycles. The van der Waals surface area contributed by atoms with Gasteiger partial charge >= 0.3 is 0 Å². The van der Waals surface area contributed by atoms with Gasteiger partial charge in [-0.25, -0.2) is 8.42 Å². The van der Waals surface area contributed by atoms with Crippen LogP contribution in [0, 0.1) is 0 Å². The van der Waals surface area contributed by atoms with Crippen molar-refractivity contribution in [2.75, 3.05) is 29.9 Å². The van der Waals surface area contributed by atoms with Crippen molar-refractivity contribution in [3.8, 4) is 5.75 Å². The van der Waals surface area contributed by atoms with Crippen LogP contribution >= 0.6 is 15.9 Å². The number of benzene rings is 2. The van der Waals surface area contributed by atoms with Gasteiger partial charge in [-0.05, 0) is 64.3 Å². The van der Waals surface area contributed by atoms with Crippen LogP contribution in [-0.2, 0) is 21.2 Å². The second-order valence-electron chi connectivity index (χ2n) is 6.23. The molecule has 144 valence electrons. The molecule has 6 nitrogen and oxygen atoms in total. The second-order valence-corrected chi connectivity index (χ2v) is 9.02. The highest BCUT2D eigenvalue weighted by atomic mass is 79.9. The van der Waals surface area contributed by atoms with E-state index in [0.29, 0.717) is 41.0 Å². The van der Waals surface area contributed by atoms with E-state index in [4.69, 9.17) is 4.74 Å². The maximum Gasteiger partial charge on any atom is 0.265 e. The zero-order chi connectivity index (χ0) is 19.8. The van der Waals surface area contributed by atoms with Crippen molar-refractivity contribution >= 4 is 43.2 Å². The Bertz CT molecular complexity index is 974. The molecule has 0 fully saturated rings. The van der Waals surface area contributed by atoms with Crippen LogP contribution in [0.5, 0.6) is 5.75 Å². The first-order valence-electron chi connectivity index (χ1n) is 8.55. The minimum atomic E-state index is -3.81. The van der Waals surface area contributed by atoms with E-state index < -0.39 is 10.0 Å². The van der Waals surface area contributed by atoms with Crippen molar-refractivity contribution in [3.05, 3.63) is 46.4 Å². The van der Waals surface area contributed by atoms with Gasteiger partial charge < -0.3 is 9.64 Å². The van der Waals surface area contributed by atoms with E-state index in [2.05, 4.69) is 15.9 Å². The van der Waals surface area contributed by atoms with E-state index >= 15 is 0 Å². The fraction of sp³-hybridized carbons (Fsp3) is 0.316. The summed E-state index contributed by atoms with van der Waals surface area (Å²) in [6, 6.07) is 10.2. The van der Waals surface area contributed by atoms with Gasteiger partial charge in [-0.2, -0.15) is 0 Å². The standard InChI is InChI=1S/C19H21BrN2O4S/c1-4-19(23)22-10-9-13-11-16(20)18(12-17(13)22)27(24,25)21(2)14-5-7-15(26-3)8-6-14/h5-8,11-12H,4,9-10H2,1-3H3. The number of sulfonamides is 1. The number of fused-ring (bicyclic) bond motifs is 1. The van der Waals surface area contributed by atoms with Gasteiger partial charge in [0.05, 0.1) is 12.8 Å². The van der Waals surface area contributed by atoms with Crippen LogP contribution in [0.4, 0.5) is 11.4 Å². The van der Waals surface area contributed by atoms with E-state index in [-0.39, 0.29) is 10.8 Å². The monoisotopic (exact) mass is 452 g/mol. The van der Waals surface area contributed by atoms with Crippen LogP contribution in [0.25, 0.3) is 0 Å². The Kier molecular flexibility index (Phi) is 5.48. The zero-order valence-corrected chi connectivity index (χ0v) is 17.8. The van der Waals surface area contributed by atoms with Gasteiger partial charge in [-0.3, -0.25) is 9.10 Å². The lowest BCUT2D eigenvalue weighted by Crippen LogP contribution is -2.29. The molecule has 8 heteroatoms. The third kappa shape index (κ3) is 3.55. The number of carbonyl (C=O) groups excluding carboxylic acids is 1. The zero-order valence-electron chi connectivity index (χ0n) is 15.4. The topological polar surface area (TPSA) is 66.9 Å².